The summed E-state index contributed by atoms with van der Waals surface area (Å²) in [5.41, 5.74) is 4.03. The molecule has 1 aromatic rings. The van der Waals surface area contributed by atoms with Gasteiger partial charge >= 0.3 is 0 Å². The zero-order chi connectivity index (χ0) is 21.7. The minimum absolute atomic E-state index is 0.0371. The zero-order valence-electron chi connectivity index (χ0n) is 19.8. The van der Waals surface area contributed by atoms with Gasteiger partial charge in [0.15, 0.2) is 0 Å². The van der Waals surface area contributed by atoms with Gasteiger partial charge in [0.05, 0.1) is 15.2 Å². The Labute approximate surface area is 179 Å². The molecule has 0 heterocycles. The smallest absolute Gasteiger partial charge is 0.126 e. The van der Waals surface area contributed by atoms with Gasteiger partial charge in [-0.15, -0.1) is 0 Å². The zero-order valence-corrected chi connectivity index (χ0v) is 21.5. The molecule has 1 aromatic carbocycles. The lowest BCUT2D eigenvalue weighted by atomic mass is 9.74. The Hall–Kier alpha value is -0.993. The van der Waals surface area contributed by atoms with Crippen LogP contribution in [-0.4, -0.2) is 15.2 Å². The van der Waals surface area contributed by atoms with Crippen molar-refractivity contribution in [2.75, 3.05) is 7.11 Å². The summed E-state index contributed by atoms with van der Waals surface area (Å²) in [6, 6.07) is 4.14. The first-order chi connectivity index (χ1) is 12.5. The lowest BCUT2D eigenvalue weighted by Crippen LogP contribution is -2.40. The van der Waals surface area contributed by atoms with Gasteiger partial charge in [-0.25, -0.2) is 0 Å². The van der Waals surface area contributed by atoms with Crippen LogP contribution < -0.4 is 4.74 Å². The second-order valence-electron chi connectivity index (χ2n) is 11.4. The van der Waals surface area contributed by atoms with Crippen LogP contribution in [0.3, 0.4) is 0 Å². The Morgan fingerprint density at radius 2 is 1.46 bits per heavy atom. The molecule has 0 saturated carbocycles. The van der Waals surface area contributed by atoms with E-state index in [1.165, 1.54) is 11.1 Å². The summed E-state index contributed by atoms with van der Waals surface area (Å²) >= 11 is 6.57. The van der Waals surface area contributed by atoms with E-state index in [1.54, 1.807) is 7.11 Å². The highest BCUT2D eigenvalue weighted by atomic mass is 35.5. The molecule has 0 N–H and O–H groups in total. The summed E-state index contributed by atoms with van der Waals surface area (Å²) in [6.45, 7) is 23.4. The van der Waals surface area contributed by atoms with Crippen LogP contribution in [0.1, 0.15) is 66.5 Å². The van der Waals surface area contributed by atoms with Crippen molar-refractivity contribution >= 4 is 19.7 Å². The number of methoxy groups -OCH3 is 1. The van der Waals surface area contributed by atoms with E-state index in [0.29, 0.717) is 10.6 Å². The van der Waals surface area contributed by atoms with Crippen molar-refractivity contribution in [3.8, 4) is 5.75 Å². The first-order valence-electron chi connectivity index (χ1n) is 10.3. The van der Waals surface area contributed by atoms with Gasteiger partial charge in [0, 0.05) is 21.6 Å². The lowest BCUT2D eigenvalue weighted by Gasteiger charge is -2.40. The van der Waals surface area contributed by atoms with E-state index in [1.807, 2.05) is 0 Å². The summed E-state index contributed by atoms with van der Waals surface area (Å²) in [7, 11) is 0.286. The molecule has 1 unspecified atom stereocenters. The fourth-order valence-electron chi connectivity index (χ4n) is 3.87. The molecule has 0 aliphatic heterocycles. The predicted molar refractivity (Wildman–Crippen MR) is 128 cm³/mol. The van der Waals surface area contributed by atoms with E-state index >= 15 is 0 Å². The van der Waals surface area contributed by atoms with Crippen LogP contribution in [0.2, 0.25) is 28.7 Å². The molecule has 0 spiro atoms. The molecule has 0 saturated heterocycles. The predicted octanol–water partition coefficient (Wildman–Crippen LogP) is 8.30. The summed E-state index contributed by atoms with van der Waals surface area (Å²) in [4.78, 5) is 0. The largest absolute Gasteiger partial charge is 0.496 e. The quantitative estimate of drug-likeness (QED) is 0.446. The third kappa shape index (κ3) is 4.14. The van der Waals surface area contributed by atoms with Crippen molar-refractivity contribution in [2.45, 2.75) is 89.9 Å². The topological polar surface area (TPSA) is 9.23 Å². The SMILES string of the molecule is COc1c(C(C)(C)C)cc(Cl)cc1C(C)(C)C1=CC([Si](C)(C)C(C)(C)C)C=C1. The van der Waals surface area contributed by atoms with Crippen LogP contribution in [0.25, 0.3) is 0 Å². The third-order valence-corrected chi connectivity index (χ3v) is 13.2. The van der Waals surface area contributed by atoms with Gasteiger partial charge in [0.2, 0.25) is 0 Å². The standard InChI is InChI=1S/C25H39ClOSi/c1-23(2,3)20-15-18(26)16-21(22(20)27-9)25(7,8)17-12-13-19(14-17)28(10,11)24(4,5)6/h12-16,19H,1-11H3. The maximum absolute atomic E-state index is 6.57. The molecular weight excluding hydrogens is 380 g/mol. The molecular formula is C25H39ClOSi. The first kappa shape index (κ1) is 23.3. The fraction of sp³-hybridized carbons (Fsp3) is 0.600. The summed E-state index contributed by atoms with van der Waals surface area (Å²) < 4.78 is 5.95. The van der Waals surface area contributed by atoms with Crippen molar-refractivity contribution in [1.82, 2.24) is 0 Å². The van der Waals surface area contributed by atoms with Crippen LogP contribution in [0.4, 0.5) is 0 Å². The Morgan fingerprint density at radius 1 is 0.929 bits per heavy atom. The number of rotatable bonds is 4. The van der Waals surface area contributed by atoms with Crippen LogP contribution >= 0.6 is 11.6 Å². The molecule has 1 aliphatic rings. The number of halogens is 1. The fourth-order valence-corrected chi connectivity index (χ4v) is 6.26. The van der Waals surface area contributed by atoms with E-state index in [-0.39, 0.29) is 10.8 Å². The number of hydrogen-bond acceptors (Lipinski definition) is 1. The molecule has 3 heteroatoms. The van der Waals surface area contributed by atoms with Crippen molar-refractivity contribution in [1.29, 1.82) is 0 Å². The van der Waals surface area contributed by atoms with Gasteiger partial charge in [-0.3, -0.25) is 0 Å². The Bertz CT molecular complexity index is 801. The van der Waals surface area contributed by atoms with Crippen molar-refractivity contribution < 1.29 is 4.74 Å². The number of allylic oxidation sites excluding steroid dienone is 4. The van der Waals surface area contributed by atoms with Gasteiger partial charge in [0.1, 0.15) is 5.75 Å². The van der Waals surface area contributed by atoms with Crippen molar-refractivity contribution in [3.05, 3.63) is 52.1 Å². The van der Waals surface area contributed by atoms with E-state index < -0.39 is 8.07 Å². The van der Waals surface area contributed by atoms with Crippen molar-refractivity contribution in [3.63, 3.8) is 0 Å². The van der Waals surface area contributed by atoms with Crippen molar-refractivity contribution in [2.24, 2.45) is 0 Å². The summed E-state index contributed by atoms with van der Waals surface area (Å²) in [6.07, 6.45) is 7.27. The molecule has 0 fully saturated rings. The highest BCUT2D eigenvalue weighted by Crippen LogP contribution is 2.51. The average molecular weight is 419 g/mol. The maximum Gasteiger partial charge on any atom is 0.126 e. The average Bonchev–Trinajstić information content (AvgIpc) is 3.03. The number of hydrogen-bond donors (Lipinski definition) is 0. The molecule has 28 heavy (non-hydrogen) atoms. The summed E-state index contributed by atoms with van der Waals surface area (Å²) in [5, 5.41) is 1.13. The Balaban J connectivity index is 2.59. The minimum atomic E-state index is -1.49. The Kier molecular flexibility index (Phi) is 6.12. The highest BCUT2D eigenvalue weighted by Gasteiger charge is 2.43. The van der Waals surface area contributed by atoms with Gasteiger partial charge in [-0.2, -0.15) is 0 Å². The van der Waals surface area contributed by atoms with Gasteiger partial charge in [-0.1, -0.05) is 98.3 Å². The van der Waals surface area contributed by atoms with Crippen LogP contribution in [-0.2, 0) is 10.8 Å². The molecule has 0 aromatic heterocycles. The van der Waals surface area contributed by atoms with E-state index in [9.17, 15) is 0 Å². The second kappa shape index (κ2) is 7.36. The molecule has 2 rings (SSSR count). The molecule has 156 valence electrons. The molecule has 0 amide bonds. The normalized spacial score (nSPS) is 18.4. The maximum atomic E-state index is 6.57. The summed E-state index contributed by atoms with van der Waals surface area (Å²) in [5.74, 6) is 0.965. The minimum Gasteiger partial charge on any atom is -0.496 e. The number of benzene rings is 1. The second-order valence-corrected chi connectivity index (χ2v) is 17.4. The Morgan fingerprint density at radius 3 is 1.93 bits per heavy atom. The van der Waals surface area contributed by atoms with E-state index in [2.05, 4.69) is 98.8 Å². The highest BCUT2D eigenvalue weighted by molar-refractivity contribution is 6.82. The van der Waals surface area contributed by atoms with Crippen LogP contribution in [0, 0.1) is 0 Å². The molecule has 1 aliphatic carbocycles. The lowest BCUT2D eigenvalue weighted by molar-refractivity contribution is 0.384. The number of ether oxygens (including phenoxy) is 1. The molecule has 0 radical (unpaired) electrons. The molecule has 1 nitrogen and oxygen atoms in total. The van der Waals surface area contributed by atoms with E-state index in [0.717, 1.165) is 16.3 Å². The van der Waals surface area contributed by atoms with Crippen LogP contribution in [0.15, 0.2) is 35.9 Å². The van der Waals surface area contributed by atoms with Gasteiger partial charge < -0.3 is 4.74 Å². The first-order valence-corrected chi connectivity index (χ1v) is 13.8. The van der Waals surface area contributed by atoms with Gasteiger partial charge in [-0.05, 0) is 33.7 Å². The van der Waals surface area contributed by atoms with Gasteiger partial charge in [0.25, 0.3) is 0 Å². The molecule has 1 atom stereocenters. The third-order valence-electron chi connectivity index (χ3n) is 7.07. The molecule has 0 bridgehead atoms. The van der Waals surface area contributed by atoms with E-state index in [4.69, 9.17) is 16.3 Å². The monoisotopic (exact) mass is 418 g/mol. The van der Waals surface area contributed by atoms with Crippen LogP contribution in [0.5, 0.6) is 5.75 Å².